The molecule has 0 bridgehead atoms. The monoisotopic (exact) mass is 445 g/mol. The number of thioether (sulfide) groups is 1. The molecule has 2 aromatic rings. The summed E-state index contributed by atoms with van der Waals surface area (Å²) >= 11 is 6.74. The van der Waals surface area contributed by atoms with Crippen LogP contribution in [0.5, 0.6) is 23.0 Å². The van der Waals surface area contributed by atoms with E-state index in [2.05, 4.69) is 0 Å². The van der Waals surface area contributed by atoms with Crippen molar-refractivity contribution in [1.82, 2.24) is 4.90 Å². The van der Waals surface area contributed by atoms with E-state index in [1.54, 1.807) is 39.4 Å². The third-order valence-electron chi connectivity index (χ3n) is 4.67. The van der Waals surface area contributed by atoms with E-state index in [-0.39, 0.29) is 5.91 Å². The number of thiocarbonyl (C=S) groups is 1. The van der Waals surface area contributed by atoms with Gasteiger partial charge in [-0.3, -0.25) is 9.69 Å². The van der Waals surface area contributed by atoms with Crippen LogP contribution in [0.1, 0.15) is 11.1 Å². The Morgan fingerprint density at radius 2 is 1.63 bits per heavy atom. The van der Waals surface area contributed by atoms with Crippen LogP contribution in [0.3, 0.4) is 0 Å². The summed E-state index contributed by atoms with van der Waals surface area (Å²) in [5.74, 6) is 2.56. The minimum absolute atomic E-state index is 0.115. The Kier molecular flexibility index (Phi) is 7.23. The molecule has 1 aliphatic rings. The standard InChI is InChI=1S/C22H23NO5S2/c1-25-16-6-8-17(26-2)15(12-16)13-20-21(24)23(22(29)30-20)10-9-14-5-7-18(27-3)19(11-14)28-4/h5-8,11-13H,9-10H2,1-4H3/b20-13-. The molecule has 1 fully saturated rings. The molecule has 3 rings (SSSR count). The van der Waals surface area contributed by atoms with Gasteiger partial charge >= 0.3 is 0 Å². The Hall–Kier alpha value is -2.71. The largest absolute Gasteiger partial charge is 0.497 e. The second-order valence-electron chi connectivity index (χ2n) is 6.38. The number of benzene rings is 2. The van der Waals surface area contributed by atoms with Gasteiger partial charge < -0.3 is 18.9 Å². The van der Waals surface area contributed by atoms with E-state index in [9.17, 15) is 4.79 Å². The lowest BCUT2D eigenvalue weighted by Crippen LogP contribution is -2.30. The number of amides is 1. The van der Waals surface area contributed by atoms with Crippen molar-refractivity contribution < 1.29 is 23.7 Å². The van der Waals surface area contributed by atoms with Crippen molar-refractivity contribution in [3.8, 4) is 23.0 Å². The van der Waals surface area contributed by atoms with E-state index in [4.69, 9.17) is 31.2 Å². The molecular weight excluding hydrogens is 422 g/mol. The number of nitrogens with zero attached hydrogens (tertiary/aromatic N) is 1. The minimum Gasteiger partial charge on any atom is -0.497 e. The number of hydrogen-bond acceptors (Lipinski definition) is 7. The first-order chi connectivity index (χ1) is 14.5. The van der Waals surface area contributed by atoms with Gasteiger partial charge in [-0.15, -0.1) is 0 Å². The molecule has 0 atom stereocenters. The highest BCUT2D eigenvalue weighted by Crippen LogP contribution is 2.35. The fraction of sp³-hybridized carbons (Fsp3) is 0.273. The minimum atomic E-state index is -0.115. The van der Waals surface area contributed by atoms with Crippen LogP contribution in [0.25, 0.3) is 6.08 Å². The molecule has 0 spiro atoms. The molecule has 30 heavy (non-hydrogen) atoms. The summed E-state index contributed by atoms with van der Waals surface area (Å²) in [6, 6.07) is 11.2. The Labute approximate surface area is 185 Å². The number of ether oxygens (including phenoxy) is 4. The Morgan fingerprint density at radius 3 is 2.30 bits per heavy atom. The molecule has 158 valence electrons. The average molecular weight is 446 g/mol. The topological polar surface area (TPSA) is 57.2 Å². The molecule has 1 heterocycles. The highest BCUT2D eigenvalue weighted by molar-refractivity contribution is 8.26. The first-order valence-electron chi connectivity index (χ1n) is 9.19. The van der Waals surface area contributed by atoms with Gasteiger partial charge in [0, 0.05) is 12.1 Å². The third kappa shape index (κ3) is 4.71. The van der Waals surface area contributed by atoms with Crippen molar-refractivity contribution in [2.75, 3.05) is 35.0 Å². The van der Waals surface area contributed by atoms with Crippen LogP contribution in [0, 0.1) is 0 Å². The summed E-state index contributed by atoms with van der Waals surface area (Å²) in [6.45, 7) is 0.479. The maximum absolute atomic E-state index is 13.0. The Balaban J connectivity index is 1.76. The van der Waals surface area contributed by atoms with E-state index in [0.29, 0.717) is 45.2 Å². The molecule has 1 saturated heterocycles. The van der Waals surface area contributed by atoms with Crippen molar-refractivity contribution >= 4 is 40.3 Å². The van der Waals surface area contributed by atoms with Gasteiger partial charge in [0.15, 0.2) is 11.5 Å². The van der Waals surface area contributed by atoms with E-state index in [0.717, 1.165) is 11.1 Å². The molecule has 0 N–H and O–H groups in total. The summed E-state index contributed by atoms with van der Waals surface area (Å²) in [4.78, 5) is 15.1. The van der Waals surface area contributed by atoms with Crippen molar-refractivity contribution in [1.29, 1.82) is 0 Å². The molecule has 8 heteroatoms. The summed E-state index contributed by atoms with van der Waals surface area (Å²) in [5, 5.41) is 0. The maximum atomic E-state index is 13.0. The fourth-order valence-electron chi connectivity index (χ4n) is 3.06. The van der Waals surface area contributed by atoms with E-state index in [1.807, 2.05) is 36.4 Å². The van der Waals surface area contributed by atoms with E-state index in [1.165, 1.54) is 11.8 Å². The number of carbonyl (C=O) groups excluding carboxylic acids is 1. The number of hydrogen-bond donors (Lipinski definition) is 0. The number of carbonyl (C=O) groups is 1. The van der Waals surface area contributed by atoms with Crippen LogP contribution in [0.2, 0.25) is 0 Å². The molecule has 0 saturated carbocycles. The van der Waals surface area contributed by atoms with Gasteiger partial charge in [0.2, 0.25) is 0 Å². The molecule has 0 radical (unpaired) electrons. The summed E-state index contributed by atoms with van der Waals surface area (Å²) in [6.07, 6.45) is 2.43. The van der Waals surface area contributed by atoms with E-state index >= 15 is 0 Å². The first-order valence-corrected chi connectivity index (χ1v) is 10.4. The highest BCUT2D eigenvalue weighted by atomic mass is 32.2. The Bertz CT molecular complexity index is 989. The van der Waals surface area contributed by atoms with Crippen molar-refractivity contribution in [2.24, 2.45) is 0 Å². The van der Waals surface area contributed by atoms with Gasteiger partial charge in [-0.25, -0.2) is 0 Å². The van der Waals surface area contributed by atoms with Crippen molar-refractivity contribution in [3.05, 3.63) is 52.4 Å². The number of rotatable bonds is 8. The summed E-state index contributed by atoms with van der Waals surface area (Å²) < 4.78 is 21.8. The van der Waals surface area contributed by atoms with Crippen LogP contribution in [-0.2, 0) is 11.2 Å². The van der Waals surface area contributed by atoms with Gasteiger partial charge in [0.25, 0.3) is 5.91 Å². The van der Waals surface area contributed by atoms with Gasteiger partial charge in [-0.2, -0.15) is 0 Å². The zero-order valence-corrected chi connectivity index (χ0v) is 18.9. The quantitative estimate of drug-likeness (QED) is 0.447. The number of methoxy groups -OCH3 is 4. The zero-order chi connectivity index (χ0) is 21.7. The lowest BCUT2D eigenvalue weighted by atomic mass is 10.1. The van der Waals surface area contributed by atoms with Crippen molar-refractivity contribution in [2.45, 2.75) is 6.42 Å². The van der Waals surface area contributed by atoms with Gasteiger partial charge in [0.1, 0.15) is 15.8 Å². The van der Waals surface area contributed by atoms with E-state index < -0.39 is 0 Å². The molecule has 6 nitrogen and oxygen atoms in total. The van der Waals surface area contributed by atoms with Crippen LogP contribution in [0.15, 0.2) is 41.3 Å². The normalized spacial score (nSPS) is 14.9. The second kappa shape index (κ2) is 9.86. The van der Waals surface area contributed by atoms with Gasteiger partial charge in [-0.05, 0) is 48.4 Å². The lowest BCUT2D eigenvalue weighted by molar-refractivity contribution is -0.122. The predicted octanol–water partition coefficient (Wildman–Crippen LogP) is 4.16. The van der Waals surface area contributed by atoms with Gasteiger partial charge in [-0.1, -0.05) is 30.0 Å². The van der Waals surface area contributed by atoms with Crippen LogP contribution in [0.4, 0.5) is 0 Å². The predicted molar refractivity (Wildman–Crippen MR) is 123 cm³/mol. The molecule has 0 aliphatic carbocycles. The molecule has 1 amide bonds. The lowest BCUT2D eigenvalue weighted by Gasteiger charge is -2.15. The molecule has 2 aromatic carbocycles. The molecule has 0 unspecified atom stereocenters. The first kappa shape index (κ1) is 22.0. The highest BCUT2D eigenvalue weighted by Gasteiger charge is 2.32. The average Bonchev–Trinajstić information content (AvgIpc) is 3.04. The van der Waals surface area contributed by atoms with Gasteiger partial charge in [0.05, 0.1) is 33.3 Å². The fourth-order valence-corrected chi connectivity index (χ4v) is 4.36. The molecular formula is C22H23NO5S2. The molecule has 1 aliphatic heterocycles. The maximum Gasteiger partial charge on any atom is 0.266 e. The second-order valence-corrected chi connectivity index (χ2v) is 8.06. The summed E-state index contributed by atoms with van der Waals surface area (Å²) in [5.41, 5.74) is 1.79. The van der Waals surface area contributed by atoms with Crippen molar-refractivity contribution in [3.63, 3.8) is 0 Å². The summed E-state index contributed by atoms with van der Waals surface area (Å²) in [7, 11) is 6.38. The molecule has 0 aromatic heterocycles. The van der Waals surface area contributed by atoms with Crippen LogP contribution < -0.4 is 18.9 Å². The van der Waals surface area contributed by atoms with Crippen LogP contribution in [-0.4, -0.2) is 50.1 Å². The zero-order valence-electron chi connectivity index (χ0n) is 17.3. The third-order valence-corrected chi connectivity index (χ3v) is 6.05. The SMILES string of the molecule is COc1ccc(OC)c(/C=C2\SC(=S)N(CCc3ccc(OC)c(OC)c3)C2=O)c1. The smallest absolute Gasteiger partial charge is 0.266 e. The van der Waals surface area contributed by atoms with Crippen LogP contribution >= 0.6 is 24.0 Å². The Morgan fingerprint density at radius 1 is 0.933 bits per heavy atom.